The molecular formula is C13H15N3O. The van der Waals surface area contributed by atoms with E-state index in [0.29, 0.717) is 17.6 Å². The van der Waals surface area contributed by atoms with Gasteiger partial charge in [-0.05, 0) is 23.6 Å². The minimum absolute atomic E-state index is 0.383. The van der Waals surface area contributed by atoms with E-state index in [1.165, 1.54) is 18.0 Å². The Hall–Kier alpha value is -2.10. The van der Waals surface area contributed by atoms with Crippen molar-refractivity contribution in [1.82, 2.24) is 9.97 Å². The monoisotopic (exact) mass is 229 g/mol. The predicted octanol–water partition coefficient (Wildman–Crippen LogP) is 2.97. The molecule has 0 aliphatic carbocycles. The van der Waals surface area contributed by atoms with Crippen LogP contribution in [0.25, 0.3) is 0 Å². The van der Waals surface area contributed by atoms with Gasteiger partial charge in [-0.3, -0.25) is 0 Å². The summed E-state index contributed by atoms with van der Waals surface area (Å²) in [5.41, 5.74) is 6.68. The molecule has 0 unspecified atom stereocenters. The van der Waals surface area contributed by atoms with Gasteiger partial charge in [-0.2, -0.15) is 0 Å². The van der Waals surface area contributed by atoms with Crippen LogP contribution >= 0.6 is 0 Å². The van der Waals surface area contributed by atoms with Gasteiger partial charge in [-0.25, -0.2) is 9.97 Å². The van der Waals surface area contributed by atoms with Gasteiger partial charge in [0, 0.05) is 0 Å². The van der Waals surface area contributed by atoms with E-state index in [0.717, 1.165) is 5.75 Å². The average molecular weight is 229 g/mol. The number of benzene rings is 1. The van der Waals surface area contributed by atoms with E-state index in [1.807, 2.05) is 18.2 Å². The number of rotatable bonds is 3. The first-order valence-corrected chi connectivity index (χ1v) is 5.50. The van der Waals surface area contributed by atoms with E-state index in [2.05, 4.69) is 29.9 Å². The molecule has 2 rings (SSSR count). The van der Waals surface area contributed by atoms with E-state index >= 15 is 0 Å². The van der Waals surface area contributed by atoms with Gasteiger partial charge in [-0.15, -0.1) is 0 Å². The quantitative estimate of drug-likeness (QED) is 0.878. The lowest BCUT2D eigenvalue weighted by Crippen LogP contribution is -1.94. The molecular weight excluding hydrogens is 214 g/mol. The third-order valence-corrected chi connectivity index (χ3v) is 2.40. The second-order valence-electron chi connectivity index (χ2n) is 4.11. The molecule has 0 radical (unpaired) electrons. The lowest BCUT2D eigenvalue weighted by atomic mass is 10.0. The van der Waals surface area contributed by atoms with Gasteiger partial charge in [0.15, 0.2) is 0 Å². The highest BCUT2D eigenvalue weighted by atomic mass is 16.5. The van der Waals surface area contributed by atoms with Gasteiger partial charge in [-0.1, -0.05) is 26.0 Å². The normalized spacial score (nSPS) is 10.5. The van der Waals surface area contributed by atoms with Crippen LogP contribution in [0.4, 0.5) is 5.82 Å². The molecule has 2 aromatic rings. The van der Waals surface area contributed by atoms with Crippen molar-refractivity contribution in [1.29, 1.82) is 0 Å². The van der Waals surface area contributed by atoms with Crippen LogP contribution in [0, 0.1) is 0 Å². The van der Waals surface area contributed by atoms with Crippen LogP contribution in [0.3, 0.4) is 0 Å². The van der Waals surface area contributed by atoms with Crippen LogP contribution in [-0.4, -0.2) is 9.97 Å². The Bertz CT molecular complexity index is 494. The van der Waals surface area contributed by atoms with E-state index in [-0.39, 0.29) is 0 Å². The van der Waals surface area contributed by atoms with Gasteiger partial charge in [0.1, 0.15) is 11.6 Å². The van der Waals surface area contributed by atoms with Crippen molar-refractivity contribution in [3.63, 3.8) is 0 Å². The van der Waals surface area contributed by atoms with Crippen LogP contribution in [0.5, 0.6) is 11.6 Å². The van der Waals surface area contributed by atoms with Gasteiger partial charge >= 0.3 is 0 Å². The topological polar surface area (TPSA) is 61.0 Å². The molecule has 0 bridgehead atoms. The summed E-state index contributed by atoms with van der Waals surface area (Å²) in [6.45, 7) is 4.28. The maximum Gasteiger partial charge on any atom is 0.237 e. The highest BCUT2D eigenvalue weighted by molar-refractivity contribution is 5.33. The zero-order chi connectivity index (χ0) is 12.3. The largest absolute Gasteiger partial charge is 0.437 e. The number of hydrogen-bond donors (Lipinski definition) is 1. The Balaban J connectivity index is 2.18. The molecule has 1 aromatic heterocycles. The Morgan fingerprint density at radius 1 is 1.18 bits per heavy atom. The van der Waals surface area contributed by atoms with Crippen LogP contribution in [0.2, 0.25) is 0 Å². The van der Waals surface area contributed by atoms with Crippen LogP contribution in [0.1, 0.15) is 25.3 Å². The number of ether oxygens (including phenoxy) is 1. The summed E-state index contributed by atoms with van der Waals surface area (Å²) < 4.78 is 5.60. The van der Waals surface area contributed by atoms with Crippen LogP contribution < -0.4 is 10.5 Å². The molecule has 1 heterocycles. The lowest BCUT2D eigenvalue weighted by Gasteiger charge is -2.08. The summed E-state index contributed by atoms with van der Waals surface area (Å²) in [5, 5.41) is 0. The fraction of sp³-hybridized carbons (Fsp3) is 0.231. The molecule has 88 valence electrons. The van der Waals surface area contributed by atoms with Gasteiger partial charge in [0.25, 0.3) is 0 Å². The fourth-order valence-electron chi connectivity index (χ4n) is 1.44. The van der Waals surface area contributed by atoms with E-state index in [1.54, 1.807) is 0 Å². The summed E-state index contributed by atoms with van der Waals surface area (Å²) in [6, 6.07) is 7.94. The van der Waals surface area contributed by atoms with Crippen molar-refractivity contribution < 1.29 is 4.74 Å². The minimum atomic E-state index is 0.383. The second-order valence-corrected chi connectivity index (χ2v) is 4.11. The smallest absolute Gasteiger partial charge is 0.237 e. The van der Waals surface area contributed by atoms with E-state index in [4.69, 9.17) is 10.5 Å². The van der Waals surface area contributed by atoms with E-state index < -0.39 is 0 Å². The first-order chi connectivity index (χ1) is 8.15. The van der Waals surface area contributed by atoms with E-state index in [9.17, 15) is 0 Å². The molecule has 4 heteroatoms. The summed E-state index contributed by atoms with van der Waals surface area (Å²) in [7, 11) is 0. The zero-order valence-corrected chi connectivity index (χ0v) is 9.92. The standard InChI is InChI=1S/C13H15N3O/c1-9(2)10-4-3-5-11(6-10)17-13-8-15-12(14)7-16-13/h3-9H,1-2H3,(H2,14,15). The van der Waals surface area contributed by atoms with Crippen molar-refractivity contribution in [3.8, 4) is 11.6 Å². The number of nitrogen functional groups attached to an aromatic ring is 1. The maximum atomic E-state index is 5.60. The fourth-order valence-corrected chi connectivity index (χ4v) is 1.44. The number of anilines is 1. The van der Waals surface area contributed by atoms with Crippen molar-refractivity contribution in [2.45, 2.75) is 19.8 Å². The number of aromatic nitrogens is 2. The minimum Gasteiger partial charge on any atom is -0.437 e. The lowest BCUT2D eigenvalue weighted by molar-refractivity contribution is 0.459. The average Bonchev–Trinajstić information content (AvgIpc) is 2.32. The molecule has 0 spiro atoms. The van der Waals surface area contributed by atoms with Crippen molar-refractivity contribution in [2.75, 3.05) is 5.73 Å². The molecule has 0 saturated heterocycles. The summed E-state index contributed by atoms with van der Waals surface area (Å²) in [4.78, 5) is 7.96. The summed E-state index contributed by atoms with van der Waals surface area (Å²) >= 11 is 0. The SMILES string of the molecule is CC(C)c1cccc(Oc2cnc(N)cn2)c1. The van der Waals surface area contributed by atoms with Crippen molar-refractivity contribution >= 4 is 5.82 Å². The second kappa shape index (κ2) is 4.82. The first kappa shape index (κ1) is 11.4. The van der Waals surface area contributed by atoms with Gasteiger partial charge in [0.05, 0.1) is 12.4 Å². The molecule has 0 aliphatic heterocycles. The predicted molar refractivity (Wildman–Crippen MR) is 67.0 cm³/mol. The molecule has 0 saturated carbocycles. The first-order valence-electron chi connectivity index (χ1n) is 5.50. The Morgan fingerprint density at radius 3 is 2.65 bits per heavy atom. The number of nitrogens with zero attached hydrogens (tertiary/aromatic N) is 2. The number of hydrogen-bond acceptors (Lipinski definition) is 4. The number of nitrogens with two attached hydrogens (primary N) is 1. The summed E-state index contributed by atoms with van der Waals surface area (Å²) in [5.74, 6) is 2.06. The molecule has 17 heavy (non-hydrogen) atoms. The molecule has 0 aliphatic rings. The van der Waals surface area contributed by atoms with Crippen molar-refractivity contribution in [2.24, 2.45) is 0 Å². The van der Waals surface area contributed by atoms with Crippen LogP contribution in [0.15, 0.2) is 36.7 Å². The Morgan fingerprint density at radius 2 is 2.00 bits per heavy atom. The van der Waals surface area contributed by atoms with Crippen LogP contribution in [-0.2, 0) is 0 Å². The molecule has 0 amide bonds. The van der Waals surface area contributed by atoms with Gasteiger partial charge < -0.3 is 10.5 Å². The molecule has 0 atom stereocenters. The maximum absolute atomic E-state index is 5.60. The highest BCUT2D eigenvalue weighted by Crippen LogP contribution is 2.23. The summed E-state index contributed by atoms with van der Waals surface area (Å²) in [6.07, 6.45) is 2.99. The third kappa shape index (κ3) is 2.93. The molecule has 0 fully saturated rings. The Labute approximate surface area is 100 Å². The molecule has 2 N–H and O–H groups in total. The molecule has 1 aromatic carbocycles. The Kier molecular flexibility index (Phi) is 3.23. The molecule has 4 nitrogen and oxygen atoms in total. The third-order valence-electron chi connectivity index (χ3n) is 2.40. The van der Waals surface area contributed by atoms with Gasteiger partial charge in [0.2, 0.25) is 5.88 Å². The van der Waals surface area contributed by atoms with Crippen molar-refractivity contribution in [3.05, 3.63) is 42.2 Å². The highest BCUT2D eigenvalue weighted by Gasteiger charge is 2.03. The zero-order valence-electron chi connectivity index (χ0n) is 9.92.